The van der Waals surface area contributed by atoms with Gasteiger partial charge in [0, 0.05) is 44.0 Å². The Bertz CT molecular complexity index is 615. The van der Waals surface area contributed by atoms with E-state index in [0.717, 1.165) is 37.2 Å². The number of fused-ring (bicyclic) bond motifs is 1. The molecule has 0 aliphatic carbocycles. The number of nitrogens with two attached hydrogens (primary N) is 1. The third kappa shape index (κ3) is 2.28. The lowest BCUT2D eigenvalue weighted by atomic mass is 10.3. The molecule has 3 heterocycles. The summed E-state index contributed by atoms with van der Waals surface area (Å²) >= 11 is 0. The van der Waals surface area contributed by atoms with E-state index in [1.807, 2.05) is 29.0 Å². The molecule has 6 nitrogen and oxygen atoms in total. The molecule has 2 N–H and O–H groups in total. The fourth-order valence-electron chi connectivity index (χ4n) is 2.74. The second kappa shape index (κ2) is 5.22. The maximum absolute atomic E-state index is 11.9. The van der Waals surface area contributed by atoms with Crippen molar-refractivity contribution in [3.63, 3.8) is 0 Å². The molecule has 3 rings (SSSR count). The first-order valence-corrected chi connectivity index (χ1v) is 6.80. The van der Waals surface area contributed by atoms with E-state index in [2.05, 4.69) is 21.8 Å². The minimum Gasteiger partial charge on any atom is -0.367 e. The molecule has 0 aromatic carbocycles. The molecule has 2 aromatic rings. The highest BCUT2D eigenvalue weighted by atomic mass is 16.1. The van der Waals surface area contributed by atoms with Crippen molar-refractivity contribution in [2.75, 3.05) is 33.2 Å². The number of nitrogens with zero attached hydrogens (tertiary/aromatic N) is 4. The summed E-state index contributed by atoms with van der Waals surface area (Å²) < 4.78 is 1.88. The SMILES string of the molecule is CN1CCN(C(C(N)=O)n2ccc3cccnc32)CC1. The maximum atomic E-state index is 11.9. The monoisotopic (exact) mass is 273 g/mol. The standard InChI is InChI=1S/C14H19N5O/c1-17-7-9-18(10-8-17)14(12(15)20)19-6-4-11-3-2-5-16-13(11)19/h2-6,14H,7-10H2,1H3,(H2,15,20). The summed E-state index contributed by atoms with van der Waals surface area (Å²) in [5.74, 6) is -0.335. The van der Waals surface area contributed by atoms with Crippen LogP contribution in [0.2, 0.25) is 0 Å². The maximum Gasteiger partial charge on any atom is 0.255 e. The van der Waals surface area contributed by atoms with Crippen molar-refractivity contribution in [1.82, 2.24) is 19.4 Å². The molecule has 106 valence electrons. The van der Waals surface area contributed by atoms with Crippen molar-refractivity contribution in [1.29, 1.82) is 0 Å². The lowest BCUT2D eigenvalue weighted by Gasteiger charge is -2.37. The van der Waals surface area contributed by atoms with Crippen LogP contribution in [0.25, 0.3) is 11.0 Å². The molecule has 1 atom stereocenters. The minimum absolute atomic E-state index is 0.335. The van der Waals surface area contributed by atoms with Gasteiger partial charge in [-0.15, -0.1) is 0 Å². The molecule has 2 aromatic heterocycles. The van der Waals surface area contributed by atoms with E-state index < -0.39 is 6.17 Å². The number of aromatic nitrogens is 2. The Hall–Kier alpha value is -1.92. The summed E-state index contributed by atoms with van der Waals surface area (Å²) in [6, 6.07) is 5.84. The number of primary amides is 1. The van der Waals surface area contributed by atoms with E-state index >= 15 is 0 Å². The van der Waals surface area contributed by atoms with Crippen molar-refractivity contribution >= 4 is 16.9 Å². The van der Waals surface area contributed by atoms with E-state index in [1.54, 1.807) is 6.20 Å². The molecule has 0 radical (unpaired) electrons. The number of carbonyl (C=O) groups is 1. The number of hydrogen-bond donors (Lipinski definition) is 1. The minimum atomic E-state index is -0.462. The average molecular weight is 273 g/mol. The van der Waals surface area contributed by atoms with Crippen molar-refractivity contribution in [3.05, 3.63) is 30.6 Å². The van der Waals surface area contributed by atoms with E-state index in [0.29, 0.717) is 0 Å². The number of amides is 1. The molecule has 0 bridgehead atoms. The molecule has 1 aliphatic rings. The number of hydrogen-bond acceptors (Lipinski definition) is 4. The van der Waals surface area contributed by atoms with Gasteiger partial charge in [0.2, 0.25) is 0 Å². The largest absolute Gasteiger partial charge is 0.367 e. The highest BCUT2D eigenvalue weighted by Gasteiger charge is 2.29. The van der Waals surface area contributed by atoms with Crippen LogP contribution < -0.4 is 5.73 Å². The predicted molar refractivity (Wildman–Crippen MR) is 77.0 cm³/mol. The first kappa shape index (κ1) is 13.1. The van der Waals surface area contributed by atoms with Gasteiger partial charge in [0.25, 0.3) is 5.91 Å². The van der Waals surface area contributed by atoms with Gasteiger partial charge in [0.15, 0.2) is 6.17 Å². The molecule has 6 heteroatoms. The fourth-order valence-corrected chi connectivity index (χ4v) is 2.74. The summed E-state index contributed by atoms with van der Waals surface area (Å²) in [5, 5.41) is 1.02. The lowest BCUT2D eigenvalue weighted by Crippen LogP contribution is -2.50. The van der Waals surface area contributed by atoms with Gasteiger partial charge in [-0.25, -0.2) is 4.98 Å². The molecule has 1 aliphatic heterocycles. The van der Waals surface area contributed by atoms with E-state index in [-0.39, 0.29) is 5.91 Å². The molecule has 20 heavy (non-hydrogen) atoms. The Labute approximate surface area is 117 Å². The first-order chi connectivity index (χ1) is 9.66. The van der Waals surface area contributed by atoms with Crippen LogP contribution in [0.3, 0.4) is 0 Å². The summed E-state index contributed by atoms with van der Waals surface area (Å²) in [6.45, 7) is 3.54. The summed E-state index contributed by atoms with van der Waals surface area (Å²) in [7, 11) is 2.09. The number of pyridine rings is 1. The van der Waals surface area contributed by atoms with Crippen molar-refractivity contribution in [2.45, 2.75) is 6.17 Å². The third-order valence-corrected chi connectivity index (χ3v) is 3.88. The molecule has 1 saturated heterocycles. The Morgan fingerprint density at radius 1 is 1.30 bits per heavy atom. The van der Waals surface area contributed by atoms with Crippen LogP contribution >= 0.6 is 0 Å². The van der Waals surface area contributed by atoms with Crippen LogP contribution in [0.5, 0.6) is 0 Å². The second-order valence-electron chi connectivity index (χ2n) is 5.25. The zero-order valence-electron chi connectivity index (χ0n) is 11.6. The summed E-state index contributed by atoms with van der Waals surface area (Å²) in [5.41, 5.74) is 6.44. The third-order valence-electron chi connectivity index (χ3n) is 3.88. The molecule has 1 fully saturated rings. The van der Waals surface area contributed by atoms with Gasteiger partial charge in [0.05, 0.1) is 0 Å². The topological polar surface area (TPSA) is 67.4 Å². The molecule has 1 amide bonds. The van der Waals surface area contributed by atoms with Gasteiger partial charge in [-0.2, -0.15) is 0 Å². The average Bonchev–Trinajstić information content (AvgIpc) is 2.85. The van der Waals surface area contributed by atoms with Crippen LogP contribution in [0.1, 0.15) is 6.17 Å². The highest BCUT2D eigenvalue weighted by molar-refractivity contribution is 5.82. The van der Waals surface area contributed by atoms with E-state index in [1.165, 1.54) is 0 Å². The van der Waals surface area contributed by atoms with Gasteiger partial charge in [0.1, 0.15) is 5.65 Å². The fraction of sp³-hybridized carbons (Fsp3) is 0.429. The highest BCUT2D eigenvalue weighted by Crippen LogP contribution is 2.21. The Kier molecular flexibility index (Phi) is 3.42. The van der Waals surface area contributed by atoms with Gasteiger partial charge in [-0.1, -0.05) is 0 Å². The number of rotatable bonds is 3. The van der Waals surface area contributed by atoms with Crippen LogP contribution in [-0.4, -0.2) is 58.5 Å². The summed E-state index contributed by atoms with van der Waals surface area (Å²) in [4.78, 5) is 20.7. The van der Waals surface area contributed by atoms with Crippen LogP contribution in [0, 0.1) is 0 Å². The molecular formula is C14H19N5O. The Balaban J connectivity index is 1.96. The molecule has 0 saturated carbocycles. The molecular weight excluding hydrogens is 254 g/mol. The first-order valence-electron chi connectivity index (χ1n) is 6.80. The van der Waals surface area contributed by atoms with Crippen LogP contribution in [0.15, 0.2) is 30.6 Å². The number of piperazine rings is 1. The smallest absolute Gasteiger partial charge is 0.255 e. The van der Waals surface area contributed by atoms with E-state index in [4.69, 9.17) is 5.73 Å². The Morgan fingerprint density at radius 2 is 2.05 bits per heavy atom. The predicted octanol–water partition coefficient (Wildman–Crippen LogP) is 0.268. The summed E-state index contributed by atoms with van der Waals surface area (Å²) in [6.07, 6.45) is 3.17. The van der Waals surface area contributed by atoms with E-state index in [9.17, 15) is 4.79 Å². The van der Waals surface area contributed by atoms with Gasteiger partial charge in [-0.05, 0) is 25.2 Å². The van der Waals surface area contributed by atoms with Crippen molar-refractivity contribution in [3.8, 4) is 0 Å². The molecule has 0 spiro atoms. The van der Waals surface area contributed by atoms with Crippen molar-refractivity contribution in [2.24, 2.45) is 5.73 Å². The lowest BCUT2D eigenvalue weighted by molar-refractivity contribution is -0.127. The van der Waals surface area contributed by atoms with Crippen molar-refractivity contribution < 1.29 is 4.79 Å². The van der Waals surface area contributed by atoms with Crippen LogP contribution in [-0.2, 0) is 4.79 Å². The quantitative estimate of drug-likeness (QED) is 0.871. The van der Waals surface area contributed by atoms with Gasteiger partial charge < -0.3 is 15.2 Å². The number of carbonyl (C=O) groups excluding carboxylic acids is 1. The zero-order valence-corrected chi connectivity index (χ0v) is 11.6. The second-order valence-corrected chi connectivity index (χ2v) is 5.25. The normalized spacial score (nSPS) is 19.2. The zero-order chi connectivity index (χ0) is 14.1. The molecule has 1 unspecified atom stereocenters. The van der Waals surface area contributed by atoms with Gasteiger partial charge in [-0.3, -0.25) is 9.69 Å². The van der Waals surface area contributed by atoms with Gasteiger partial charge >= 0.3 is 0 Å². The Morgan fingerprint density at radius 3 is 2.75 bits per heavy atom. The number of likely N-dealkylation sites (N-methyl/N-ethyl adjacent to an activating group) is 1. The van der Waals surface area contributed by atoms with Crippen LogP contribution in [0.4, 0.5) is 0 Å².